The van der Waals surface area contributed by atoms with E-state index in [9.17, 15) is 9.59 Å². The molecule has 2 aromatic rings. The maximum Gasteiger partial charge on any atom is 0.243 e. The van der Waals surface area contributed by atoms with Crippen molar-refractivity contribution in [2.24, 2.45) is 0 Å². The summed E-state index contributed by atoms with van der Waals surface area (Å²) in [5.74, 6) is 0.0240. The number of anilines is 3. The first-order valence-corrected chi connectivity index (χ1v) is 10.7. The summed E-state index contributed by atoms with van der Waals surface area (Å²) < 4.78 is 5.97. The average Bonchev–Trinajstić information content (AvgIpc) is 2.78. The lowest BCUT2D eigenvalue weighted by Crippen LogP contribution is -2.20. The highest BCUT2D eigenvalue weighted by Crippen LogP contribution is 2.28. The fraction of sp³-hybridized carbons (Fsp3) is 0.429. The molecular formula is C21H26ClN5O4. The van der Waals surface area contributed by atoms with Gasteiger partial charge in [0.1, 0.15) is 11.1 Å². The summed E-state index contributed by atoms with van der Waals surface area (Å²) in [6.45, 7) is 0. The topological polar surface area (TPSA) is 125 Å². The zero-order chi connectivity index (χ0) is 22.1. The van der Waals surface area contributed by atoms with E-state index in [0.717, 1.165) is 31.4 Å². The molecular weight excluding hydrogens is 422 g/mol. The van der Waals surface area contributed by atoms with Crippen LogP contribution in [0.2, 0.25) is 5.02 Å². The molecule has 1 aliphatic rings. The Balaban J connectivity index is 1.52. The Morgan fingerprint density at radius 2 is 1.74 bits per heavy atom. The van der Waals surface area contributed by atoms with Gasteiger partial charge in [-0.1, -0.05) is 18.0 Å². The molecule has 0 spiro atoms. The predicted octanol–water partition coefficient (Wildman–Crippen LogP) is 4.20. The van der Waals surface area contributed by atoms with Crippen LogP contribution in [0.3, 0.4) is 0 Å². The molecule has 1 heterocycles. The largest absolute Gasteiger partial charge is 0.473 e. The van der Waals surface area contributed by atoms with Gasteiger partial charge in [-0.05, 0) is 56.4 Å². The van der Waals surface area contributed by atoms with Gasteiger partial charge >= 0.3 is 0 Å². The Morgan fingerprint density at radius 1 is 1.06 bits per heavy atom. The number of benzene rings is 1. The second-order valence-electron chi connectivity index (χ2n) is 7.36. The monoisotopic (exact) mass is 447 g/mol. The molecule has 9 nitrogen and oxygen atoms in total. The van der Waals surface area contributed by atoms with Gasteiger partial charge < -0.3 is 15.4 Å². The van der Waals surface area contributed by atoms with E-state index >= 15 is 0 Å². The van der Waals surface area contributed by atoms with Crippen molar-refractivity contribution in [2.45, 2.75) is 57.5 Å². The third-order valence-electron chi connectivity index (χ3n) is 4.90. The fourth-order valence-corrected chi connectivity index (χ4v) is 3.43. The van der Waals surface area contributed by atoms with Crippen LogP contribution in [0.4, 0.5) is 17.3 Å². The molecule has 31 heavy (non-hydrogen) atoms. The van der Waals surface area contributed by atoms with Crippen molar-refractivity contribution in [3.63, 3.8) is 0 Å². The molecule has 10 heteroatoms. The van der Waals surface area contributed by atoms with Gasteiger partial charge in [0.15, 0.2) is 0 Å². The number of amides is 2. The number of nitrogens with zero attached hydrogens (tertiary/aromatic N) is 2. The number of hydrogen-bond donors (Lipinski definition) is 4. The number of carbonyl (C=O) groups is 2. The molecule has 0 aliphatic heterocycles. The van der Waals surface area contributed by atoms with Crippen LogP contribution in [0.1, 0.15) is 51.4 Å². The maximum absolute atomic E-state index is 11.9. The maximum atomic E-state index is 11.9. The summed E-state index contributed by atoms with van der Waals surface area (Å²) >= 11 is 6.20. The Labute approximate surface area is 185 Å². The molecule has 1 aromatic heterocycles. The van der Waals surface area contributed by atoms with Crippen molar-refractivity contribution < 1.29 is 19.5 Å². The van der Waals surface area contributed by atoms with Crippen molar-refractivity contribution in [3.8, 4) is 5.88 Å². The second-order valence-corrected chi connectivity index (χ2v) is 7.77. The first-order valence-electron chi connectivity index (χ1n) is 10.3. The summed E-state index contributed by atoms with van der Waals surface area (Å²) in [6, 6.07) is 7.06. The quantitative estimate of drug-likeness (QED) is 0.335. The van der Waals surface area contributed by atoms with Crippen molar-refractivity contribution >= 4 is 40.7 Å². The van der Waals surface area contributed by atoms with Gasteiger partial charge in [-0.15, -0.1) is 0 Å². The van der Waals surface area contributed by atoms with Gasteiger partial charge in [-0.3, -0.25) is 14.8 Å². The molecule has 0 bridgehead atoms. The van der Waals surface area contributed by atoms with Gasteiger partial charge in [-0.2, -0.15) is 4.98 Å². The van der Waals surface area contributed by atoms with Crippen molar-refractivity contribution in [1.82, 2.24) is 15.4 Å². The SMILES string of the molecule is O=C(CCCC(=O)Nc1ccc(Nc2ncc(Cl)c(OC3CCCCC3)n2)cc1)NO. The number of nitrogens with one attached hydrogen (secondary N) is 3. The van der Waals surface area contributed by atoms with Gasteiger partial charge in [0.25, 0.3) is 0 Å². The van der Waals surface area contributed by atoms with E-state index < -0.39 is 5.91 Å². The van der Waals surface area contributed by atoms with Crippen LogP contribution in [0, 0.1) is 0 Å². The number of hydrogen-bond acceptors (Lipinski definition) is 7. The van der Waals surface area contributed by atoms with Gasteiger partial charge in [0.2, 0.25) is 23.6 Å². The predicted molar refractivity (Wildman–Crippen MR) is 117 cm³/mol. The summed E-state index contributed by atoms with van der Waals surface area (Å²) in [5, 5.41) is 14.7. The highest BCUT2D eigenvalue weighted by molar-refractivity contribution is 6.31. The number of halogens is 1. The molecule has 1 saturated carbocycles. The molecule has 166 valence electrons. The van der Waals surface area contributed by atoms with Crippen LogP contribution >= 0.6 is 11.6 Å². The second kappa shape index (κ2) is 11.5. The number of aromatic nitrogens is 2. The van der Waals surface area contributed by atoms with Crippen LogP contribution in [-0.2, 0) is 9.59 Å². The Bertz CT molecular complexity index is 888. The van der Waals surface area contributed by atoms with E-state index in [1.807, 2.05) is 0 Å². The molecule has 0 atom stereocenters. The number of carbonyl (C=O) groups excluding carboxylic acids is 2. The van der Waals surface area contributed by atoms with Crippen LogP contribution in [0.5, 0.6) is 5.88 Å². The molecule has 1 aliphatic carbocycles. The number of hydroxylamine groups is 1. The Hall–Kier alpha value is -2.91. The van der Waals surface area contributed by atoms with Crippen LogP contribution in [0.25, 0.3) is 0 Å². The highest BCUT2D eigenvalue weighted by atomic mass is 35.5. The first-order chi connectivity index (χ1) is 15.0. The van der Waals surface area contributed by atoms with E-state index in [2.05, 4.69) is 20.6 Å². The molecule has 1 fully saturated rings. The van der Waals surface area contributed by atoms with E-state index in [-0.39, 0.29) is 24.9 Å². The minimum atomic E-state index is -0.514. The Morgan fingerprint density at radius 3 is 2.45 bits per heavy atom. The van der Waals surface area contributed by atoms with E-state index in [1.54, 1.807) is 24.3 Å². The van der Waals surface area contributed by atoms with E-state index in [4.69, 9.17) is 21.5 Å². The molecule has 0 saturated heterocycles. The van der Waals surface area contributed by atoms with Crippen molar-refractivity contribution in [3.05, 3.63) is 35.5 Å². The van der Waals surface area contributed by atoms with E-state index in [1.165, 1.54) is 18.1 Å². The van der Waals surface area contributed by atoms with Crippen molar-refractivity contribution in [2.75, 3.05) is 10.6 Å². The fourth-order valence-electron chi connectivity index (χ4n) is 3.29. The lowest BCUT2D eigenvalue weighted by Gasteiger charge is -2.22. The summed E-state index contributed by atoms with van der Waals surface area (Å²) in [5.41, 5.74) is 2.90. The molecule has 1 aromatic carbocycles. The van der Waals surface area contributed by atoms with E-state index in [0.29, 0.717) is 29.0 Å². The lowest BCUT2D eigenvalue weighted by molar-refractivity contribution is -0.129. The normalized spacial score (nSPS) is 14.0. The van der Waals surface area contributed by atoms with Crippen LogP contribution in [-0.4, -0.2) is 33.1 Å². The van der Waals surface area contributed by atoms with Gasteiger partial charge in [0, 0.05) is 24.2 Å². The van der Waals surface area contributed by atoms with Gasteiger partial charge in [0.05, 0.1) is 6.20 Å². The Kier molecular flexibility index (Phi) is 8.43. The minimum Gasteiger partial charge on any atom is -0.473 e. The molecule has 4 N–H and O–H groups in total. The van der Waals surface area contributed by atoms with Crippen molar-refractivity contribution in [1.29, 1.82) is 0 Å². The standard InChI is InChI=1S/C21H26ClN5O4/c22-17-13-23-21(26-20(17)31-16-5-2-1-3-6-16)25-15-11-9-14(10-12-15)24-18(28)7-4-8-19(29)27-30/h9-13,16,30H,1-8H2,(H,24,28)(H,27,29)(H,23,25,26). The molecule has 3 rings (SSSR count). The molecule has 2 amide bonds. The number of ether oxygens (including phenoxy) is 1. The minimum absolute atomic E-state index is 0.0836. The first kappa shape index (κ1) is 22.8. The van der Waals surface area contributed by atoms with Crippen LogP contribution < -0.4 is 20.9 Å². The third kappa shape index (κ3) is 7.37. The van der Waals surface area contributed by atoms with Gasteiger partial charge in [-0.25, -0.2) is 10.5 Å². The molecule has 0 unspecified atom stereocenters. The number of rotatable bonds is 9. The van der Waals surface area contributed by atoms with Crippen LogP contribution in [0.15, 0.2) is 30.5 Å². The smallest absolute Gasteiger partial charge is 0.243 e. The molecule has 0 radical (unpaired) electrons. The zero-order valence-corrected chi connectivity index (χ0v) is 17.8. The lowest BCUT2D eigenvalue weighted by atomic mass is 9.98. The summed E-state index contributed by atoms with van der Waals surface area (Å²) in [7, 11) is 0. The summed E-state index contributed by atoms with van der Waals surface area (Å²) in [6.07, 6.45) is 7.80. The zero-order valence-electron chi connectivity index (χ0n) is 17.1. The third-order valence-corrected chi connectivity index (χ3v) is 5.16. The summed E-state index contributed by atoms with van der Waals surface area (Å²) in [4.78, 5) is 31.5. The highest BCUT2D eigenvalue weighted by Gasteiger charge is 2.18. The average molecular weight is 448 g/mol.